The molecule has 8 nitrogen and oxygen atoms in total. The second-order valence-corrected chi connectivity index (χ2v) is 6.13. The summed E-state index contributed by atoms with van der Waals surface area (Å²) in [6.45, 7) is 0.182. The first-order chi connectivity index (χ1) is 9.88. The highest BCUT2D eigenvalue weighted by atomic mass is 32.2. The normalized spacial score (nSPS) is 11.5. The van der Waals surface area contributed by atoms with Gasteiger partial charge >= 0.3 is 5.97 Å². The van der Waals surface area contributed by atoms with Gasteiger partial charge in [-0.15, -0.1) is 5.10 Å². The number of benzene rings is 1. The van der Waals surface area contributed by atoms with Crippen molar-refractivity contribution in [2.24, 2.45) is 7.05 Å². The second-order valence-electron chi connectivity index (χ2n) is 4.36. The maximum absolute atomic E-state index is 12.0. The van der Waals surface area contributed by atoms with E-state index in [-0.39, 0.29) is 17.0 Å². The van der Waals surface area contributed by atoms with E-state index in [0.29, 0.717) is 12.1 Å². The number of nitrogens with zero attached hydrogens (tertiary/aromatic N) is 3. The lowest BCUT2D eigenvalue weighted by atomic mass is 10.2. The summed E-state index contributed by atoms with van der Waals surface area (Å²) in [7, 11) is -1.94. The fraction of sp³-hybridized carbons (Fsp3) is 0.250. The van der Waals surface area contributed by atoms with Gasteiger partial charge in [-0.1, -0.05) is 5.21 Å². The fourth-order valence-electron chi connectivity index (χ4n) is 1.68. The van der Waals surface area contributed by atoms with Gasteiger partial charge in [0, 0.05) is 26.2 Å². The topological polar surface area (TPSA) is 114 Å². The third-order valence-corrected chi connectivity index (χ3v) is 4.21. The molecule has 0 radical (unpaired) electrons. The summed E-state index contributed by atoms with van der Waals surface area (Å²) in [6.07, 6.45) is 2.12. The van der Waals surface area contributed by atoms with Crippen molar-refractivity contribution in [2.45, 2.75) is 11.3 Å². The summed E-state index contributed by atoms with van der Waals surface area (Å²) in [5.41, 5.74) is 0.718. The molecule has 0 saturated carbocycles. The zero-order valence-corrected chi connectivity index (χ0v) is 12.0. The third-order valence-electron chi connectivity index (χ3n) is 2.73. The van der Waals surface area contributed by atoms with Gasteiger partial charge in [0.15, 0.2) is 0 Å². The Hall–Kier alpha value is -2.26. The number of hydrogen-bond donors (Lipinski definition) is 2. The second kappa shape index (κ2) is 6.02. The lowest BCUT2D eigenvalue weighted by molar-refractivity contribution is 0.0696. The van der Waals surface area contributed by atoms with E-state index in [2.05, 4.69) is 15.0 Å². The van der Waals surface area contributed by atoms with Crippen molar-refractivity contribution in [1.82, 2.24) is 19.7 Å². The van der Waals surface area contributed by atoms with Gasteiger partial charge in [-0.2, -0.15) is 0 Å². The quantitative estimate of drug-likeness (QED) is 0.778. The van der Waals surface area contributed by atoms with Crippen molar-refractivity contribution in [3.63, 3.8) is 0 Å². The molecule has 0 unspecified atom stereocenters. The van der Waals surface area contributed by atoms with Crippen LogP contribution in [0.3, 0.4) is 0 Å². The smallest absolute Gasteiger partial charge is 0.335 e. The van der Waals surface area contributed by atoms with Crippen molar-refractivity contribution in [3.8, 4) is 0 Å². The van der Waals surface area contributed by atoms with Gasteiger partial charge in [-0.05, 0) is 24.3 Å². The molecule has 2 rings (SSSR count). The summed E-state index contributed by atoms with van der Waals surface area (Å²) in [6, 6.07) is 5.02. The average molecular weight is 310 g/mol. The Bertz CT molecular complexity index is 737. The van der Waals surface area contributed by atoms with Crippen molar-refractivity contribution >= 4 is 16.0 Å². The predicted molar refractivity (Wildman–Crippen MR) is 73.3 cm³/mol. The summed E-state index contributed by atoms with van der Waals surface area (Å²) >= 11 is 0. The van der Waals surface area contributed by atoms with Gasteiger partial charge in [0.1, 0.15) is 0 Å². The summed E-state index contributed by atoms with van der Waals surface area (Å²) < 4.78 is 28.0. The van der Waals surface area contributed by atoms with Gasteiger partial charge in [-0.3, -0.25) is 4.68 Å². The van der Waals surface area contributed by atoms with E-state index in [1.54, 1.807) is 13.2 Å². The largest absolute Gasteiger partial charge is 0.478 e. The molecular formula is C12H14N4O4S. The van der Waals surface area contributed by atoms with Crippen LogP contribution in [0.15, 0.2) is 35.4 Å². The molecule has 0 spiro atoms. The molecule has 1 aromatic heterocycles. The number of aromatic carboxylic acids is 1. The zero-order chi connectivity index (χ0) is 15.5. The first-order valence-corrected chi connectivity index (χ1v) is 7.55. The molecule has 0 amide bonds. The number of carboxylic acid groups (broad SMARTS) is 1. The molecule has 2 N–H and O–H groups in total. The number of carboxylic acids is 1. The molecule has 0 atom stereocenters. The minimum absolute atomic E-state index is 0.0200. The molecule has 1 heterocycles. The van der Waals surface area contributed by atoms with E-state index < -0.39 is 16.0 Å². The van der Waals surface area contributed by atoms with Crippen LogP contribution in [0.1, 0.15) is 16.1 Å². The van der Waals surface area contributed by atoms with Crippen LogP contribution < -0.4 is 4.72 Å². The third kappa shape index (κ3) is 3.86. The van der Waals surface area contributed by atoms with Crippen molar-refractivity contribution < 1.29 is 18.3 Å². The maximum Gasteiger partial charge on any atom is 0.335 e. The van der Waals surface area contributed by atoms with Gasteiger partial charge in [-0.25, -0.2) is 17.9 Å². The minimum atomic E-state index is -3.66. The monoisotopic (exact) mass is 310 g/mol. The summed E-state index contributed by atoms with van der Waals surface area (Å²) in [4.78, 5) is 10.7. The average Bonchev–Trinajstić information content (AvgIpc) is 2.84. The molecule has 9 heteroatoms. The lowest BCUT2D eigenvalue weighted by Crippen LogP contribution is -2.26. The van der Waals surface area contributed by atoms with Crippen LogP contribution in [0.4, 0.5) is 0 Å². The van der Waals surface area contributed by atoms with Crippen LogP contribution in [-0.2, 0) is 23.5 Å². The van der Waals surface area contributed by atoms with E-state index >= 15 is 0 Å². The Labute approximate surface area is 121 Å². The molecule has 0 bridgehead atoms. The lowest BCUT2D eigenvalue weighted by Gasteiger charge is -2.06. The molecule has 21 heavy (non-hydrogen) atoms. The Kier molecular flexibility index (Phi) is 4.34. The summed E-state index contributed by atoms with van der Waals surface area (Å²) in [5.74, 6) is -1.10. The minimum Gasteiger partial charge on any atom is -0.478 e. The van der Waals surface area contributed by atoms with Crippen LogP contribution in [0.25, 0.3) is 0 Å². The Balaban J connectivity index is 1.99. The zero-order valence-electron chi connectivity index (χ0n) is 11.2. The van der Waals surface area contributed by atoms with Gasteiger partial charge < -0.3 is 5.11 Å². The molecule has 0 fully saturated rings. The highest BCUT2D eigenvalue weighted by Crippen LogP contribution is 2.10. The number of hydrogen-bond acceptors (Lipinski definition) is 5. The molecule has 2 aromatic rings. The van der Waals surface area contributed by atoms with Crippen molar-refractivity contribution in [3.05, 3.63) is 41.7 Å². The highest BCUT2D eigenvalue weighted by Gasteiger charge is 2.14. The SMILES string of the molecule is Cn1cc(CCNS(=O)(=O)c2ccc(C(=O)O)cc2)nn1. The molecule has 112 valence electrons. The first kappa shape index (κ1) is 15.1. The first-order valence-electron chi connectivity index (χ1n) is 6.07. The maximum atomic E-state index is 12.0. The summed E-state index contributed by atoms with van der Waals surface area (Å²) in [5, 5.41) is 16.4. The molecule has 0 aliphatic carbocycles. The Morgan fingerprint density at radius 2 is 2.00 bits per heavy atom. The number of carbonyl (C=O) groups is 1. The number of nitrogens with one attached hydrogen (secondary N) is 1. The molecule has 0 saturated heterocycles. The van der Waals surface area contributed by atoms with E-state index in [4.69, 9.17) is 5.11 Å². The number of rotatable bonds is 6. The van der Waals surface area contributed by atoms with Crippen LogP contribution >= 0.6 is 0 Å². The number of sulfonamides is 1. The van der Waals surface area contributed by atoms with Crippen LogP contribution in [0.2, 0.25) is 0 Å². The standard InChI is InChI=1S/C12H14N4O4S/c1-16-8-10(14-15-16)6-7-13-21(19,20)11-4-2-9(3-5-11)12(17)18/h2-5,8,13H,6-7H2,1H3,(H,17,18). The fourth-order valence-corrected chi connectivity index (χ4v) is 2.72. The number of aryl methyl sites for hydroxylation is 1. The van der Waals surface area contributed by atoms with Gasteiger partial charge in [0.2, 0.25) is 10.0 Å². The van der Waals surface area contributed by atoms with E-state index in [0.717, 1.165) is 0 Å². The molecule has 0 aliphatic heterocycles. The van der Waals surface area contributed by atoms with E-state index in [9.17, 15) is 13.2 Å². The molecular weight excluding hydrogens is 296 g/mol. The van der Waals surface area contributed by atoms with Gasteiger partial charge in [0.05, 0.1) is 16.2 Å². The Morgan fingerprint density at radius 3 is 2.52 bits per heavy atom. The highest BCUT2D eigenvalue weighted by molar-refractivity contribution is 7.89. The van der Waals surface area contributed by atoms with E-state index in [1.807, 2.05) is 0 Å². The van der Waals surface area contributed by atoms with Crippen LogP contribution in [0, 0.1) is 0 Å². The van der Waals surface area contributed by atoms with E-state index in [1.165, 1.54) is 28.9 Å². The van der Waals surface area contributed by atoms with Crippen molar-refractivity contribution in [2.75, 3.05) is 6.54 Å². The molecule has 1 aromatic carbocycles. The Morgan fingerprint density at radius 1 is 1.33 bits per heavy atom. The van der Waals surface area contributed by atoms with Crippen LogP contribution in [-0.4, -0.2) is 41.0 Å². The number of aromatic nitrogens is 3. The predicted octanol–water partition coefficient (Wildman–Crippen LogP) is 0.0343. The van der Waals surface area contributed by atoms with Crippen LogP contribution in [0.5, 0.6) is 0 Å². The van der Waals surface area contributed by atoms with Crippen molar-refractivity contribution in [1.29, 1.82) is 0 Å². The molecule has 0 aliphatic rings. The van der Waals surface area contributed by atoms with Gasteiger partial charge in [0.25, 0.3) is 0 Å².